The average Bonchev–Trinajstić information content (AvgIpc) is 2.30. The largest absolute Gasteiger partial charge is 0.496 e. The fraction of sp³-hybridized carbons (Fsp3) is 0.727. The van der Waals surface area contributed by atoms with Gasteiger partial charge < -0.3 is 10.1 Å². The van der Waals surface area contributed by atoms with Gasteiger partial charge in [-0.3, -0.25) is 4.99 Å². The summed E-state index contributed by atoms with van der Waals surface area (Å²) in [4.78, 5) is 4.21. The predicted molar refractivity (Wildman–Crippen MR) is 65.2 cm³/mol. The van der Waals surface area contributed by atoms with E-state index < -0.39 is 0 Å². The molecule has 0 saturated carbocycles. The normalized spacial score (nSPS) is 23.3. The van der Waals surface area contributed by atoms with E-state index in [0.717, 1.165) is 48.8 Å². The Hall–Kier alpha value is -0.350. The number of piperidine rings is 1. The van der Waals surface area contributed by atoms with Crippen molar-refractivity contribution in [1.29, 1.82) is 0 Å². The lowest BCUT2D eigenvalue weighted by atomic mass is 9.99. The van der Waals surface area contributed by atoms with E-state index in [4.69, 9.17) is 4.74 Å². The summed E-state index contributed by atoms with van der Waals surface area (Å²) in [5.74, 6) is 1.76. The van der Waals surface area contributed by atoms with Crippen molar-refractivity contribution in [3.8, 4) is 0 Å². The number of allylic oxidation sites excluding steroid dienone is 1. The summed E-state index contributed by atoms with van der Waals surface area (Å²) in [6.45, 7) is 3.13. The zero-order valence-corrected chi connectivity index (χ0v) is 10.4. The quantitative estimate of drug-likeness (QED) is 0.856. The molecule has 0 bridgehead atoms. The lowest BCUT2D eigenvalue weighted by Gasteiger charge is -2.23. The Bertz CT molecular complexity index is 270. The maximum absolute atomic E-state index is 5.78. The molecular weight excluding hydrogens is 256 g/mol. The number of halogens is 1. The van der Waals surface area contributed by atoms with Crippen LogP contribution in [0, 0.1) is 5.92 Å². The second-order valence-electron chi connectivity index (χ2n) is 4.11. The molecule has 2 heterocycles. The van der Waals surface area contributed by atoms with Crippen LogP contribution in [0.15, 0.2) is 17.0 Å². The molecule has 4 heteroatoms. The highest BCUT2D eigenvalue weighted by Gasteiger charge is 2.14. The molecule has 0 aromatic heterocycles. The van der Waals surface area contributed by atoms with Crippen LogP contribution in [0.4, 0.5) is 0 Å². The van der Waals surface area contributed by atoms with Crippen LogP contribution < -0.4 is 5.32 Å². The van der Waals surface area contributed by atoms with Gasteiger partial charge in [-0.15, -0.1) is 0 Å². The molecule has 0 unspecified atom stereocenters. The van der Waals surface area contributed by atoms with Crippen molar-refractivity contribution in [1.82, 2.24) is 5.32 Å². The van der Waals surface area contributed by atoms with Crippen molar-refractivity contribution in [3.63, 3.8) is 0 Å². The third-order valence-corrected chi connectivity index (χ3v) is 3.49. The third-order valence-electron chi connectivity index (χ3n) is 2.89. The van der Waals surface area contributed by atoms with E-state index in [1.54, 1.807) is 0 Å². The zero-order chi connectivity index (χ0) is 10.5. The molecule has 84 valence electrons. The van der Waals surface area contributed by atoms with Crippen LogP contribution in [0.25, 0.3) is 0 Å². The van der Waals surface area contributed by atoms with E-state index in [-0.39, 0.29) is 0 Å². The fourth-order valence-corrected chi connectivity index (χ4v) is 2.18. The van der Waals surface area contributed by atoms with Gasteiger partial charge in [-0.05, 0) is 47.8 Å². The summed E-state index contributed by atoms with van der Waals surface area (Å²) in [5, 5.41) is 3.36. The molecule has 0 spiro atoms. The first-order chi connectivity index (χ1) is 7.34. The van der Waals surface area contributed by atoms with E-state index in [1.807, 2.05) is 6.20 Å². The standard InChI is InChI=1S/C11H17BrN2O/c12-11-2-1-10(7-14-11)15-8-9-3-5-13-6-4-9/h7,9,13H,1-6,8H2. The molecule has 2 aliphatic rings. The molecule has 3 nitrogen and oxygen atoms in total. The van der Waals surface area contributed by atoms with Gasteiger partial charge in [-0.2, -0.15) is 0 Å². The van der Waals surface area contributed by atoms with Gasteiger partial charge >= 0.3 is 0 Å². The Morgan fingerprint density at radius 1 is 1.40 bits per heavy atom. The molecular formula is C11H17BrN2O. The summed E-state index contributed by atoms with van der Waals surface area (Å²) in [7, 11) is 0. The third kappa shape index (κ3) is 3.61. The molecule has 1 saturated heterocycles. The van der Waals surface area contributed by atoms with Crippen LogP contribution >= 0.6 is 15.9 Å². The second-order valence-corrected chi connectivity index (χ2v) is 5.02. The number of hydrogen-bond donors (Lipinski definition) is 1. The van der Waals surface area contributed by atoms with Crippen molar-refractivity contribution in [2.45, 2.75) is 25.7 Å². The van der Waals surface area contributed by atoms with Gasteiger partial charge in [0.2, 0.25) is 0 Å². The lowest BCUT2D eigenvalue weighted by molar-refractivity contribution is 0.139. The maximum Gasteiger partial charge on any atom is 0.115 e. The fourth-order valence-electron chi connectivity index (χ4n) is 1.88. The smallest absolute Gasteiger partial charge is 0.115 e. The van der Waals surface area contributed by atoms with Crippen molar-refractivity contribution in [3.05, 3.63) is 12.0 Å². The highest BCUT2D eigenvalue weighted by atomic mass is 79.9. The number of rotatable bonds is 3. The minimum Gasteiger partial charge on any atom is -0.496 e. The van der Waals surface area contributed by atoms with Crippen LogP contribution in [0.2, 0.25) is 0 Å². The topological polar surface area (TPSA) is 33.6 Å². The van der Waals surface area contributed by atoms with E-state index >= 15 is 0 Å². The van der Waals surface area contributed by atoms with Gasteiger partial charge in [0.25, 0.3) is 0 Å². The van der Waals surface area contributed by atoms with E-state index in [9.17, 15) is 0 Å². The van der Waals surface area contributed by atoms with Gasteiger partial charge in [0, 0.05) is 12.8 Å². The Kier molecular flexibility index (Phi) is 4.20. The first-order valence-corrected chi connectivity index (χ1v) is 6.38. The van der Waals surface area contributed by atoms with Crippen LogP contribution in [0.5, 0.6) is 0 Å². The van der Waals surface area contributed by atoms with Crippen molar-refractivity contribution in [2.24, 2.45) is 10.9 Å². The van der Waals surface area contributed by atoms with Gasteiger partial charge in [0.15, 0.2) is 0 Å². The van der Waals surface area contributed by atoms with Crippen LogP contribution in [0.3, 0.4) is 0 Å². The molecule has 1 N–H and O–H groups in total. The molecule has 0 aromatic rings. The summed E-state index contributed by atoms with van der Waals surface area (Å²) in [6.07, 6.45) is 6.27. The average molecular weight is 273 g/mol. The maximum atomic E-state index is 5.78. The van der Waals surface area contributed by atoms with Gasteiger partial charge in [0.05, 0.1) is 17.4 Å². The van der Waals surface area contributed by atoms with Gasteiger partial charge in [-0.25, -0.2) is 0 Å². The highest BCUT2D eigenvalue weighted by molar-refractivity contribution is 9.18. The highest BCUT2D eigenvalue weighted by Crippen LogP contribution is 2.19. The number of aliphatic imine (C=N–C) groups is 1. The first-order valence-electron chi connectivity index (χ1n) is 5.59. The number of hydrogen-bond acceptors (Lipinski definition) is 3. The van der Waals surface area contributed by atoms with Crippen molar-refractivity contribution in [2.75, 3.05) is 19.7 Å². The molecule has 0 radical (unpaired) electrons. The Labute approximate surface area is 99.1 Å². The minimum atomic E-state index is 0.724. The van der Waals surface area contributed by atoms with Crippen LogP contribution in [-0.2, 0) is 4.74 Å². The first kappa shape index (κ1) is 11.1. The zero-order valence-electron chi connectivity index (χ0n) is 8.84. The Morgan fingerprint density at radius 2 is 2.20 bits per heavy atom. The van der Waals surface area contributed by atoms with Crippen molar-refractivity contribution >= 4 is 20.6 Å². The van der Waals surface area contributed by atoms with E-state index in [2.05, 4.69) is 26.2 Å². The van der Waals surface area contributed by atoms with Crippen molar-refractivity contribution < 1.29 is 4.74 Å². The molecule has 2 rings (SSSR count). The molecule has 0 amide bonds. The minimum absolute atomic E-state index is 0.724. The molecule has 1 fully saturated rings. The van der Waals surface area contributed by atoms with Crippen LogP contribution in [0.1, 0.15) is 25.7 Å². The number of ether oxygens (including phenoxy) is 1. The Morgan fingerprint density at radius 3 is 2.87 bits per heavy atom. The summed E-state index contributed by atoms with van der Waals surface area (Å²) in [5.41, 5.74) is 0. The molecule has 0 atom stereocenters. The summed E-state index contributed by atoms with van der Waals surface area (Å²) >= 11 is 3.39. The molecule has 2 aliphatic heterocycles. The van der Waals surface area contributed by atoms with E-state index in [1.165, 1.54) is 12.8 Å². The summed E-state index contributed by atoms with van der Waals surface area (Å²) < 4.78 is 6.80. The monoisotopic (exact) mass is 272 g/mol. The predicted octanol–water partition coefficient (Wildman–Crippen LogP) is 2.43. The van der Waals surface area contributed by atoms with Gasteiger partial charge in [-0.1, -0.05) is 0 Å². The number of nitrogens with one attached hydrogen (secondary N) is 1. The number of nitrogens with zero attached hydrogens (tertiary/aromatic N) is 1. The molecule has 0 aliphatic carbocycles. The molecule has 0 aromatic carbocycles. The SMILES string of the molecule is BrC1=NC=C(OCC2CCNCC2)CC1. The van der Waals surface area contributed by atoms with E-state index in [0.29, 0.717) is 0 Å². The lowest BCUT2D eigenvalue weighted by Crippen LogP contribution is -2.29. The Balaban J connectivity index is 1.73. The second kappa shape index (κ2) is 5.66. The summed E-state index contributed by atoms with van der Waals surface area (Å²) in [6, 6.07) is 0. The van der Waals surface area contributed by atoms with Crippen LogP contribution in [-0.4, -0.2) is 24.3 Å². The van der Waals surface area contributed by atoms with Gasteiger partial charge in [0.1, 0.15) is 5.76 Å². The molecule has 15 heavy (non-hydrogen) atoms.